The lowest BCUT2D eigenvalue weighted by Crippen LogP contribution is -2.15. The van der Waals surface area contributed by atoms with Crippen LogP contribution in [0.5, 0.6) is 0 Å². The Morgan fingerprint density at radius 2 is 2.13 bits per heavy atom. The van der Waals surface area contributed by atoms with Gasteiger partial charge in [-0.05, 0) is 36.6 Å². The van der Waals surface area contributed by atoms with Crippen LogP contribution in [0, 0.1) is 12.7 Å². The topological polar surface area (TPSA) is 17.1 Å². The molecule has 82 valence electrons. The largest absolute Gasteiger partial charge is 0.298 e. The van der Waals surface area contributed by atoms with Gasteiger partial charge in [-0.3, -0.25) is 4.79 Å². The molecule has 1 rings (SSSR count). The molecule has 0 saturated heterocycles. The van der Waals surface area contributed by atoms with Gasteiger partial charge in [0.05, 0.1) is 4.83 Å². The van der Waals surface area contributed by atoms with Crippen molar-refractivity contribution in [2.24, 2.45) is 0 Å². The summed E-state index contributed by atoms with van der Waals surface area (Å²) in [5.74, 6) is -0.0921. The summed E-state index contributed by atoms with van der Waals surface area (Å²) in [4.78, 5) is 11.1. The zero-order valence-electron chi connectivity index (χ0n) is 8.89. The summed E-state index contributed by atoms with van der Waals surface area (Å²) in [6, 6.07) is 4.86. The Bertz CT molecular complexity index is 342. The normalized spacial score (nSPS) is 12.5. The molecule has 0 aliphatic rings. The minimum atomic E-state index is -0.242. The maximum Gasteiger partial charge on any atom is 0.146 e. The van der Waals surface area contributed by atoms with E-state index in [1.165, 1.54) is 12.1 Å². The molecule has 1 unspecified atom stereocenters. The summed E-state index contributed by atoms with van der Waals surface area (Å²) in [7, 11) is 0. The molecular weight excluding hydrogens is 259 g/mol. The Morgan fingerprint density at radius 3 is 2.67 bits per heavy atom. The molecule has 3 heteroatoms. The van der Waals surface area contributed by atoms with Gasteiger partial charge in [-0.15, -0.1) is 0 Å². The molecule has 0 N–H and O–H groups in total. The quantitative estimate of drug-likeness (QED) is 0.768. The predicted molar refractivity (Wildman–Crippen MR) is 62.9 cm³/mol. The van der Waals surface area contributed by atoms with E-state index in [1.54, 1.807) is 0 Å². The number of hydrogen-bond donors (Lipinski definition) is 0. The molecule has 1 aromatic carbocycles. The number of ketones is 1. The first-order valence-corrected chi connectivity index (χ1v) is 5.87. The van der Waals surface area contributed by atoms with Gasteiger partial charge in [0.1, 0.15) is 11.6 Å². The van der Waals surface area contributed by atoms with E-state index in [9.17, 15) is 9.18 Å². The van der Waals surface area contributed by atoms with Crippen LogP contribution >= 0.6 is 15.9 Å². The Hall–Kier alpha value is -0.700. The van der Waals surface area contributed by atoms with Crippen LogP contribution in [0.2, 0.25) is 0 Å². The number of Topliss-reactive ketones (excluding diaryl/α,β-unsaturated/α-hetero) is 1. The molecule has 0 bridgehead atoms. The summed E-state index contributed by atoms with van der Waals surface area (Å²) in [6.45, 7) is 3.67. The summed E-state index contributed by atoms with van der Waals surface area (Å²) < 4.78 is 13.1. The highest BCUT2D eigenvalue weighted by atomic mass is 79.9. The van der Waals surface area contributed by atoms with Crippen LogP contribution in [0.25, 0.3) is 0 Å². The lowest BCUT2D eigenvalue weighted by atomic mass is 10.0. The first-order valence-electron chi connectivity index (χ1n) is 4.95. The minimum Gasteiger partial charge on any atom is -0.298 e. The molecule has 1 nitrogen and oxygen atoms in total. The maximum absolute atomic E-state index is 13.1. The third-order valence-corrected chi connectivity index (χ3v) is 3.05. The van der Waals surface area contributed by atoms with Crippen molar-refractivity contribution >= 4 is 21.7 Å². The molecule has 0 aromatic heterocycles. The van der Waals surface area contributed by atoms with Crippen molar-refractivity contribution in [3.05, 3.63) is 35.1 Å². The molecule has 15 heavy (non-hydrogen) atoms. The maximum atomic E-state index is 13.1. The van der Waals surface area contributed by atoms with E-state index in [4.69, 9.17) is 0 Å². The highest BCUT2D eigenvalue weighted by molar-refractivity contribution is 9.10. The van der Waals surface area contributed by atoms with Crippen molar-refractivity contribution in [3.63, 3.8) is 0 Å². The number of hydrogen-bond acceptors (Lipinski definition) is 1. The fraction of sp³-hybridized carbons (Fsp3) is 0.417. The van der Waals surface area contributed by atoms with E-state index in [0.717, 1.165) is 11.1 Å². The monoisotopic (exact) mass is 272 g/mol. The highest BCUT2D eigenvalue weighted by Crippen LogP contribution is 2.15. The summed E-state index contributed by atoms with van der Waals surface area (Å²) in [5, 5.41) is 0. The smallest absolute Gasteiger partial charge is 0.146 e. The molecule has 0 amide bonds. The van der Waals surface area contributed by atoms with Crippen LogP contribution in [-0.2, 0) is 11.2 Å². The first kappa shape index (κ1) is 12.4. The number of rotatable bonds is 4. The minimum absolute atomic E-state index is 0.150. The number of halogens is 2. The molecule has 0 aliphatic carbocycles. The fourth-order valence-electron chi connectivity index (χ4n) is 1.47. The van der Waals surface area contributed by atoms with Gasteiger partial charge in [-0.2, -0.15) is 0 Å². The summed E-state index contributed by atoms with van der Waals surface area (Å²) in [5.41, 5.74) is 1.74. The zero-order chi connectivity index (χ0) is 11.4. The second-order valence-electron chi connectivity index (χ2n) is 3.63. The molecule has 0 aliphatic heterocycles. The zero-order valence-corrected chi connectivity index (χ0v) is 10.5. The summed E-state index contributed by atoms with van der Waals surface area (Å²) in [6.07, 6.45) is 1.05. The van der Waals surface area contributed by atoms with Gasteiger partial charge in [0.15, 0.2) is 0 Å². The van der Waals surface area contributed by atoms with Crippen molar-refractivity contribution in [2.75, 3.05) is 0 Å². The Morgan fingerprint density at radius 1 is 1.47 bits per heavy atom. The number of carbonyl (C=O) groups is 1. The van der Waals surface area contributed by atoms with Gasteiger partial charge in [0.2, 0.25) is 0 Å². The fourth-order valence-corrected chi connectivity index (χ4v) is 2.17. The Kier molecular flexibility index (Phi) is 4.45. The van der Waals surface area contributed by atoms with Crippen LogP contribution in [0.1, 0.15) is 24.5 Å². The molecule has 0 radical (unpaired) electrons. The van der Waals surface area contributed by atoms with Gasteiger partial charge in [0.25, 0.3) is 0 Å². The SMILES string of the molecule is CCC(=O)C(Br)Cc1cc(C)cc(F)c1. The van der Waals surface area contributed by atoms with E-state index >= 15 is 0 Å². The van der Waals surface area contributed by atoms with E-state index in [0.29, 0.717) is 12.8 Å². The molecule has 0 heterocycles. The van der Waals surface area contributed by atoms with E-state index in [1.807, 2.05) is 19.9 Å². The third kappa shape index (κ3) is 3.74. The van der Waals surface area contributed by atoms with Crippen LogP contribution in [-0.4, -0.2) is 10.6 Å². The second kappa shape index (κ2) is 5.40. The van der Waals surface area contributed by atoms with Gasteiger partial charge >= 0.3 is 0 Å². The van der Waals surface area contributed by atoms with Crippen molar-refractivity contribution < 1.29 is 9.18 Å². The standard InChI is InChI=1S/C12H14BrFO/c1-3-12(15)11(13)7-9-4-8(2)5-10(14)6-9/h4-6,11H,3,7H2,1-2H3. The van der Waals surface area contributed by atoms with Gasteiger partial charge in [-0.1, -0.05) is 28.9 Å². The molecule has 0 spiro atoms. The van der Waals surface area contributed by atoms with E-state index in [2.05, 4.69) is 15.9 Å². The molecular formula is C12H14BrFO. The second-order valence-corrected chi connectivity index (χ2v) is 4.73. The average Bonchev–Trinajstić information content (AvgIpc) is 2.14. The van der Waals surface area contributed by atoms with Crippen molar-refractivity contribution in [1.29, 1.82) is 0 Å². The van der Waals surface area contributed by atoms with Crippen molar-refractivity contribution in [1.82, 2.24) is 0 Å². The van der Waals surface area contributed by atoms with Crippen molar-refractivity contribution in [2.45, 2.75) is 31.5 Å². The van der Waals surface area contributed by atoms with Gasteiger partial charge < -0.3 is 0 Å². The van der Waals surface area contributed by atoms with Crippen LogP contribution in [0.3, 0.4) is 0 Å². The first-order chi connectivity index (χ1) is 7.02. The Labute approximate surface area is 97.8 Å². The number of benzene rings is 1. The van der Waals surface area contributed by atoms with Crippen LogP contribution in [0.4, 0.5) is 4.39 Å². The molecule has 1 atom stereocenters. The lowest BCUT2D eigenvalue weighted by Gasteiger charge is -2.08. The molecule has 0 saturated carbocycles. The number of aryl methyl sites for hydroxylation is 1. The highest BCUT2D eigenvalue weighted by Gasteiger charge is 2.13. The Balaban J connectivity index is 2.76. The van der Waals surface area contributed by atoms with Gasteiger partial charge in [-0.25, -0.2) is 4.39 Å². The lowest BCUT2D eigenvalue weighted by molar-refractivity contribution is -0.118. The van der Waals surface area contributed by atoms with Gasteiger partial charge in [0, 0.05) is 6.42 Å². The molecule has 0 fully saturated rings. The number of carbonyl (C=O) groups excluding carboxylic acids is 1. The predicted octanol–water partition coefficient (Wildman–Crippen LogP) is 3.42. The van der Waals surface area contributed by atoms with Crippen LogP contribution in [0.15, 0.2) is 18.2 Å². The molecule has 1 aromatic rings. The summed E-state index contributed by atoms with van der Waals surface area (Å²) >= 11 is 3.32. The van der Waals surface area contributed by atoms with Crippen molar-refractivity contribution in [3.8, 4) is 0 Å². The average molecular weight is 273 g/mol. The third-order valence-electron chi connectivity index (χ3n) is 2.21. The number of alkyl halides is 1. The van der Waals surface area contributed by atoms with Crippen LogP contribution < -0.4 is 0 Å². The van der Waals surface area contributed by atoms with E-state index < -0.39 is 0 Å². The van der Waals surface area contributed by atoms with E-state index in [-0.39, 0.29) is 16.4 Å².